The first-order chi connectivity index (χ1) is 13.0. The molecule has 2 saturated heterocycles. The van der Waals surface area contributed by atoms with Crippen LogP contribution in [0.15, 0.2) is 24.3 Å². The smallest absolute Gasteiger partial charge is 0.237 e. The second-order valence-electron chi connectivity index (χ2n) is 7.79. The fourth-order valence-corrected chi connectivity index (χ4v) is 4.42. The number of anilines is 1. The molecule has 148 valence electrons. The van der Waals surface area contributed by atoms with Gasteiger partial charge in [0, 0.05) is 50.9 Å². The third kappa shape index (κ3) is 4.80. The highest BCUT2D eigenvalue weighted by atomic mass is 16.2. The lowest BCUT2D eigenvalue weighted by Crippen LogP contribution is -2.51. The third-order valence-electron chi connectivity index (χ3n) is 5.73. The Morgan fingerprint density at radius 3 is 2.41 bits per heavy atom. The van der Waals surface area contributed by atoms with E-state index in [9.17, 15) is 9.59 Å². The van der Waals surface area contributed by atoms with Crippen LogP contribution in [0, 0.1) is 6.92 Å². The van der Waals surface area contributed by atoms with Crippen LogP contribution in [0.4, 0.5) is 5.69 Å². The summed E-state index contributed by atoms with van der Waals surface area (Å²) in [6.07, 6.45) is 2.77. The molecule has 0 unspecified atom stereocenters. The first-order valence-electron chi connectivity index (χ1n) is 10.1. The normalized spacial score (nSPS) is 24.0. The van der Waals surface area contributed by atoms with Gasteiger partial charge in [0.25, 0.3) is 0 Å². The average Bonchev–Trinajstić information content (AvgIpc) is 3.06. The Balaban J connectivity index is 1.63. The Morgan fingerprint density at radius 1 is 1.15 bits per heavy atom. The molecule has 27 heavy (non-hydrogen) atoms. The van der Waals surface area contributed by atoms with Crippen LogP contribution in [0.1, 0.15) is 38.7 Å². The van der Waals surface area contributed by atoms with Crippen molar-refractivity contribution in [3.63, 3.8) is 0 Å². The molecule has 0 radical (unpaired) electrons. The molecule has 6 nitrogen and oxygen atoms in total. The number of likely N-dealkylation sites (N-methyl/N-ethyl adjacent to an activating group) is 1. The zero-order valence-electron chi connectivity index (χ0n) is 16.7. The largest absolute Gasteiger partial charge is 0.371 e. The second kappa shape index (κ2) is 8.74. The Hall–Kier alpha value is -2.08. The Kier molecular flexibility index (Phi) is 6.37. The molecule has 0 saturated carbocycles. The van der Waals surface area contributed by atoms with Crippen molar-refractivity contribution in [2.24, 2.45) is 0 Å². The summed E-state index contributed by atoms with van der Waals surface area (Å²) in [6.45, 7) is 8.99. The number of nitrogens with zero attached hydrogens (tertiary/aromatic N) is 2. The number of hydrogen-bond donors (Lipinski definition) is 2. The van der Waals surface area contributed by atoms with Crippen molar-refractivity contribution in [3.05, 3.63) is 29.8 Å². The Labute approximate surface area is 162 Å². The summed E-state index contributed by atoms with van der Waals surface area (Å²) in [6, 6.07) is 9.00. The van der Waals surface area contributed by atoms with E-state index in [4.69, 9.17) is 0 Å². The molecular weight excluding hydrogens is 340 g/mol. The zero-order valence-corrected chi connectivity index (χ0v) is 16.7. The van der Waals surface area contributed by atoms with Crippen molar-refractivity contribution in [1.29, 1.82) is 0 Å². The lowest BCUT2D eigenvalue weighted by Gasteiger charge is -2.39. The molecule has 0 spiro atoms. The van der Waals surface area contributed by atoms with Crippen molar-refractivity contribution in [2.75, 3.05) is 31.1 Å². The lowest BCUT2D eigenvalue weighted by molar-refractivity contribution is -0.126. The predicted molar refractivity (Wildman–Crippen MR) is 108 cm³/mol. The molecule has 2 amide bonds. The Bertz CT molecular complexity index is 653. The minimum absolute atomic E-state index is 0.0225. The van der Waals surface area contributed by atoms with Crippen LogP contribution in [0.25, 0.3) is 0 Å². The summed E-state index contributed by atoms with van der Waals surface area (Å²) < 4.78 is 0. The van der Waals surface area contributed by atoms with Crippen LogP contribution < -0.4 is 15.5 Å². The predicted octanol–water partition coefficient (Wildman–Crippen LogP) is 1.68. The highest BCUT2D eigenvalue weighted by Gasteiger charge is 2.41. The molecule has 2 atom stereocenters. The maximum Gasteiger partial charge on any atom is 0.237 e. The number of likely N-dealkylation sites (tertiary alicyclic amines) is 1. The van der Waals surface area contributed by atoms with Gasteiger partial charge in [-0.3, -0.25) is 14.5 Å². The molecule has 2 aliphatic heterocycles. The fraction of sp³-hybridized carbons (Fsp3) is 0.619. The van der Waals surface area contributed by atoms with Gasteiger partial charge in [-0.25, -0.2) is 0 Å². The zero-order chi connectivity index (χ0) is 19.4. The van der Waals surface area contributed by atoms with Crippen LogP contribution in [0.5, 0.6) is 0 Å². The third-order valence-corrected chi connectivity index (χ3v) is 5.73. The van der Waals surface area contributed by atoms with Crippen molar-refractivity contribution in [2.45, 2.75) is 58.2 Å². The van der Waals surface area contributed by atoms with Gasteiger partial charge in [-0.1, -0.05) is 17.7 Å². The first kappa shape index (κ1) is 19.7. The molecular formula is C21H32N4O2. The van der Waals surface area contributed by atoms with Gasteiger partial charge >= 0.3 is 0 Å². The maximum absolute atomic E-state index is 12.6. The molecule has 2 fully saturated rings. The van der Waals surface area contributed by atoms with Gasteiger partial charge in [-0.05, 0) is 45.2 Å². The van der Waals surface area contributed by atoms with Crippen LogP contribution >= 0.6 is 0 Å². The van der Waals surface area contributed by atoms with E-state index in [1.807, 2.05) is 6.92 Å². The van der Waals surface area contributed by atoms with Crippen molar-refractivity contribution in [1.82, 2.24) is 15.5 Å². The van der Waals surface area contributed by atoms with E-state index in [0.717, 1.165) is 32.5 Å². The minimum atomic E-state index is -0.141. The van der Waals surface area contributed by atoms with E-state index >= 15 is 0 Å². The first-order valence-corrected chi connectivity index (χ1v) is 10.1. The summed E-state index contributed by atoms with van der Waals surface area (Å²) in [5, 5.41) is 5.97. The molecule has 1 aromatic rings. The minimum Gasteiger partial charge on any atom is -0.371 e. The second-order valence-corrected chi connectivity index (χ2v) is 7.79. The fourth-order valence-electron chi connectivity index (χ4n) is 4.42. The summed E-state index contributed by atoms with van der Waals surface area (Å²) in [5.74, 6) is 0.0667. The maximum atomic E-state index is 12.6. The van der Waals surface area contributed by atoms with E-state index in [0.29, 0.717) is 19.0 Å². The van der Waals surface area contributed by atoms with Gasteiger partial charge in [0.2, 0.25) is 11.8 Å². The van der Waals surface area contributed by atoms with Crippen LogP contribution in [0.3, 0.4) is 0 Å². The van der Waals surface area contributed by atoms with E-state index < -0.39 is 0 Å². The lowest BCUT2D eigenvalue weighted by atomic mass is 10.0. The van der Waals surface area contributed by atoms with Crippen LogP contribution in [-0.4, -0.2) is 61.0 Å². The summed E-state index contributed by atoms with van der Waals surface area (Å²) in [5.41, 5.74) is 2.55. The summed E-state index contributed by atoms with van der Waals surface area (Å²) >= 11 is 0. The van der Waals surface area contributed by atoms with Crippen LogP contribution in [0.2, 0.25) is 0 Å². The molecule has 6 heteroatoms. The molecule has 2 N–H and O–H groups in total. The summed E-state index contributed by atoms with van der Waals surface area (Å²) in [7, 11) is 0. The topological polar surface area (TPSA) is 64.7 Å². The molecule has 3 rings (SSSR count). The van der Waals surface area contributed by atoms with Crippen molar-refractivity contribution in [3.8, 4) is 0 Å². The highest BCUT2D eigenvalue weighted by molar-refractivity contribution is 5.82. The number of carbonyl (C=O) groups excluding carboxylic acids is 2. The van der Waals surface area contributed by atoms with E-state index in [1.165, 1.54) is 11.3 Å². The number of amides is 2. The van der Waals surface area contributed by atoms with Crippen molar-refractivity contribution >= 4 is 17.5 Å². The number of rotatable bonds is 5. The number of benzene rings is 1. The van der Waals surface area contributed by atoms with Crippen LogP contribution in [-0.2, 0) is 9.59 Å². The SMILES string of the molecule is CCNC(=O)[C@@H]1C[C@H](NC(C)=O)CN1C1CCN(c2ccc(C)cc2)CC1. The number of carbonyl (C=O) groups is 2. The van der Waals surface area contributed by atoms with Gasteiger partial charge in [-0.2, -0.15) is 0 Å². The number of aryl methyl sites for hydroxylation is 1. The average molecular weight is 373 g/mol. The van der Waals surface area contributed by atoms with Crippen molar-refractivity contribution < 1.29 is 9.59 Å². The number of piperidine rings is 1. The van der Waals surface area contributed by atoms with Gasteiger partial charge < -0.3 is 15.5 Å². The Morgan fingerprint density at radius 2 is 1.81 bits per heavy atom. The molecule has 1 aromatic carbocycles. The molecule has 2 heterocycles. The van der Waals surface area contributed by atoms with E-state index in [1.54, 1.807) is 6.92 Å². The quantitative estimate of drug-likeness (QED) is 0.825. The van der Waals surface area contributed by atoms with Gasteiger partial charge in [0.1, 0.15) is 0 Å². The molecule has 0 aliphatic carbocycles. The van der Waals surface area contributed by atoms with Gasteiger partial charge in [0.15, 0.2) is 0 Å². The van der Waals surface area contributed by atoms with E-state index in [-0.39, 0.29) is 23.9 Å². The summed E-state index contributed by atoms with van der Waals surface area (Å²) in [4.78, 5) is 28.8. The molecule has 2 aliphatic rings. The molecule has 0 bridgehead atoms. The molecule has 0 aromatic heterocycles. The van der Waals surface area contributed by atoms with E-state index in [2.05, 4.69) is 51.6 Å². The van der Waals surface area contributed by atoms with Gasteiger partial charge in [0.05, 0.1) is 6.04 Å². The standard InChI is InChI=1S/C21H32N4O2/c1-4-22-21(27)20-13-17(23-16(3)26)14-25(20)19-9-11-24(12-10-19)18-7-5-15(2)6-8-18/h5-8,17,19-20H,4,9-14H2,1-3H3,(H,22,27)(H,23,26)/t17-,20-/m0/s1. The highest BCUT2D eigenvalue weighted by Crippen LogP contribution is 2.28. The number of nitrogens with one attached hydrogen (secondary N) is 2. The monoisotopic (exact) mass is 372 g/mol. The number of hydrogen-bond acceptors (Lipinski definition) is 4. The van der Waals surface area contributed by atoms with Gasteiger partial charge in [-0.15, -0.1) is 0 Å².